The minimum Gasteiger partial charge on any atom is -0.378 e. The van der Waals surface area contributed by atoms with Crippen LogP contribution >= 0.6 is 11.3 Å². The average Bonchev–Trinajstić information content (AvgIpc) is 2.90. The van der Waals surface area contributed by atoms with Crippen LogP contribution < -0.4 is 5.73 Å². The average molecular weight is 225 g/mol. The first-order valence-corrected chi connectivity index (χ1v) is 6.70. The molecule has 0 aromatic carbocycles. The normalized spacial score (nSPS) is 23.1. The monoisotopic (exact) mass is 225 g/mol. The fourth-order valence-electron chi connectivity index (χ4n) is 2.09. The van der Waals surface area contributed by atoms with Crippen LogP contribution in [-0.4, -0.2) is 12.7 Å². The molecule has 2 nitrogen and oxygen atoms in total. The molecule has 0 radical (unpaired) electrons. The van der Waals surface area contributed by atoms with Gasteiger partial charge in [0.1, 0.15) is 0 Å². The largest absolute Gasteiger partial charge is 0.378 e. The van der Waals surface area contributed by atoms with E-state index in [2.05, 4.69) is 16.8 Å². The van der Waals surface area contributed by atoms with Gasteiger partial charge in [-0.1, -0.05) is 0 Å². The van der Waals surface area contributed by atoms with Crippen molar-refractivity contribution in [3.05, 3.63) is 22.4 Å². The Morgan fingerprint density at radius 1 is 1.60 bits per heavy atom. The standard InChI is InChI=1S/C12H19NOS/c13-12(10-6-8-15-9-10)5-1-3-11-4-2-7-14-11/h6,8-9,11-12H,1-5,7,13H2. The summed E-state index contributed by atoms with van der Waals surface area (Å²) in [5, 5.41) is 4.24. The highest BCUT2D eigenvalue weighted by Gasteiger charge is 2.15. The lowest BCUT2D eigenvalue weighted by atomic mass is 10.0. The van der Waals surface area contributed by atoms with Crippen LogP contribution in [0.25, 0.3) is 0 Å². The van der Waals surface area contributed by atoms with Crippen LogP contribution in [0.3, 0.4) is 0 Å². The topological polar surface area (TPSA) is 35.2 Å². The van der Waals surface area contributed by atoms with E-state index in [0.717, 1.165) is 13.0 Å². The Labute approximate surface area is 95.4 Å². The second kappa shape index (κ2) is 5.64. The van der Waals surface area contributed by atoms with Gasteiger partial charge in [-0.2, -0.15) is 11.3 Å². The lowest BCUT2D eigenvalue weighted by Crippen LogP contribution is -2.11. The molecular formula is C12H19NOS. The van der Waals surface area contributed by atoms with Crippen molar-refractivity contribution in [3.8, 4) is 0 Å². The Morgan fingerprint density at radius 2 is 2.53 bits per heavy atom. The van der Waals surface area contributed by atoms with Crippen molar-refractivity contribution in [1.29, 1.82) is 0 Å². The van der Waals surface area contributed by atoms with E-state index in [1.54, 1.807) is 11.3 Å². The summed E-state index contributed by atoms with van der Waals surface area (Å²) < 4.78 is 5.59. The molecule has 0 amide bonds. The lowest BCUT2D eigenvalue weighted by Gasteiger charge is -2.12. The van der Waals surface area contributed by atoms with E-state index >= 15 is 0 Å². The first-order valence-electron chi connectivity index (χ1n) is 5.75. The predicted octanol–water partition coefficient (Wildman–Crippen LogP) is 3.10. The third-order valence-electron chi connectivity index (χ3n) is 3.04. The maximum atomic E-state index is 6.09. The van der Waals surface area contributed by atoms with Crippen molar-refractivity contribution in [2.75, 3.05) is 6.61 Å². The number of thiophene rings is 1. The summed E-state index contributed by atoms with van der Waals surface area (Å²) >= 11 is 1.72. The maximum absolute atomic E-state index is 6.09. The van der Waals surface area contributed by atoms with Crippen LogP contribution in [0.1, 0.15) is 43.7 Å². The highest BCUT2D eigenvalue weighted by Crippen LogP contribution is 2.22. The van der Waals surface area contributed by atoms with Gasteiger partial charge in [-0.05, 0) is 54.5 Å². The summed E-state index contributed by atoms with van der Waals surface area (Å²) in [5.41, 5.74) is 7.37. The Bertz CT molecular complexity index is 267. The van der Waals surface area contributed by atoms with Crippen LogP contribution in [0.15, 0.2) is 16.8 Å². The van der Waals surface area contributed by atoms with E-state index in [0.29, 0.717) is 6.10 Å². The maximum Gasteiger partial charge on any atom is 0.0576 e. The molecular weight excluding hydrogens is 206 g/mol. The first-order chi connectivity index (χ1) is 7.36. The van der Waals surface area contributed by atoms with Gasteiger partial charge in [-0.15, -0.1) is 0 Å². The Kier molecular flexibility index (Phi) is 4.18. The minimum atomic E-state index is 0.220. The van der Waals surface area contributed by atoms with Crippen molar-refractivity contribution >= 4 is 11.3 Å². The highest BCUT2D eigenvalue weighted by molar-refractivity contribution is 7.07. The van der Waals surface area contributed by atoms with Gasteiger partial charge >= 0.3 is 0 Å². The zero-order valence-corrected chi connectivity index (χ0v) is 9.84. The van der Waals surface area contributed by atoms with Crippen molar-refractivity contribution in [2.45, 2.75) is 44.2 Å². The van der Waals surface area contributed by atoms with Gasteiger partial charge in [-0.25, -0.2) is 0 Å². The van der Waals surface area contributed by atoms with Gasteiger partial charge in [-0.3, -0.25) is 0 Å². The summed E-state index contributed by atoms with van der Waals surface area (Å²) in [6, 6.07) is 2.35. The molecule has 2 N–H and O–H groups in total. The number of ether oxygens (including phenoxy) is 1. The Morgan fingerprint density at radius 3 is 3.20 bits per heavy atom. The van der Waals surface area contributed by atoms with E-state index in [9.17, 15) is 0 Å². The Balaban J connectivity index is 1.65. The SMILES string of the molecule is NC(CCCC1CCCO1)c1ccsc1. The van der Waals surface area contributed by atoms with E-state index in [-0.39, 0.29) is 6.04 Å². The summed E-state index contributed by atoms with van der Waals surface area (Å²) in [5.74, 6) is 0. The molecule has 1 aliphatic heterocycles. The molecule has 15 heavy (non-hydrogen) atoms. The third-order valence-corrected chi connectivity index (χ3v) is 3.74. The summed E-state index contributed by atoms with van der Waals surface area (Å²) in [6.07, 6.45) is 6.44. The number of rotatable bonds is 5. The van der Waals surface area contributed by atoms with Crippen molar-refractivity contribution in [2.24, 2.45) is 5.73 Å². The fraction of sp³-hybridized carbons (Fsp3) is 0.667. The number of hydrogen-bond donors (Lipinski definition) is 1. The second-order valence-electron chi connectivity index (χ2n) is 4.23. The quantitative estimate of drug-likeness (QED) is 0.835. The van der Waals surface area contributed by atoms with Crippen molar-refractivity contribution < 1.29 is 4.74 Å². The van der Waals surface area contributed by atoms with E-state index in [1.807, 2.05) is 0 Å². The summed E-state index contributed by atoms with van der Waals surface area (Å²) in [6.45, 7) is 0.960. The fourth-order valence-corrected chi connectivity index (χ4v) is 2.81. The highest BCUT2D eigenvalue weighted by atomic mass is 32.1. The number of nitrogens with two attached hydrogens (primary N) is 1. The molecule has 3 heteroatoms. The first kappa shape index (κ1) is 11.1. The molecule has 0 aliphatic carbocycles. The molecule has 1 saturated heterocycles. The third kappa shape index (κ3) is 3.30. The van der Waals surface area contributed by atoms with Crippen molar-refractivity contribution in [3.63, 3.8) is 0 Å². The predicted molar refractivity (Wildman–Crippen MR) is 64.1 cm³/mol. The zero-order valence-electron chi connectivity index (χ0n) is 9.02. The molecule has 2 atom stereocenters. The van der Waals surface area contributed by atoms with Gasteiger partial charge < -0.3 is 10.5 Å². The van der Waals surface area contributed by atoms with Gasteiger partial charge in [0.15, 0.2) is 0 Å². The molecule has 1 aromatic rings. The van der Waals surface area contributed by atoms with Crippen molar-refractivity contribution in [1.82, 2.24) is 0 Å². The van der Waals surface area contributed by atoms with Crippen LogP contribution in [0.4, 0.5) is 0 Å². The second-order valence-corrected chi connectivity index (χ2v) is 5.01. The molecule has 1 aromatic heterocycles. The minimum absolute atomic E-state index is 0.220. The molecule has 2 rings (SSSR count). The molecule has 0 spiro atoms. The summed E-state index contributed by atoms with van der Waals surface area (Å²) in [7, 11) is 0. The van der Waals surface area contributed by atoms with Crippen LogP contribution in [-0.2, 0) is 4.74 Å². The summed E-state index contributed by atoms with van der Waals surface area (Å²) in [4.78, 5) is 0. The molecule has 84 valence electrons. The van der Waals surface area contributed by atoms with Gasteiger partial charge in [0.25, 0.3) is 0 Å². The molecule has 0 saturated carbocycles. The van der Waals surface area contributed by atoms with Gasteiger partial charge in [0.05, 0.1) is 6.10 Å². The number of hydrogen-bond acceptors (Lipinski definition) is 3. The van der Waals surface area contributed by atoms with Gasteiger partial charge in [0.2, 0.25) is 0 Å². The van der Waals surface area contributed by atoms with Crippen LogP contribution in [0, 0.1) is 0 Å². The molecule has 2 unspecified atom stereocenters. The van der Waals surface area contributed by atoms with Gasteiger partial charge in [0, 0.05) is 12.6 Å². The van der Waals surface area contributed by atoms with Crippen LogP contribution in [0.5, 0.6) is 0 Å². The van der Waals surface area contributed by atoms with E-state index < -0.39 is 0 Å². The lowest BCUT2D eigenvalue weighted by molar-refractivity contribution is 0.101. The smallest absolute Gasteiger partial charge is 0.0576 e. The van der Waals surface area contributed by atoms with Crippen LogP contribution in [0.2, 0.25) is 0 Å². The molecule has 2 heterocycles. The molecule has 1 fully saturated rings. The molecule has 1 aliphatic rings. The zero-order chi connectivity index (χ0) is 10.5. The van der Waals surface area contributed by atoms with E-state index in [4.69, 9.17) is 10.5 Å². The Hall–Kier alpha value is -0.380. The van der Waals surface area contributed by atoms with E-state index in [1.165, 1.54) is 31.2 Å². The molecule has 0 bridgehead atoms.